The Morgan fingerprint density at radius 2 is 2.12 bits per heavy atom. The SMILES string of the molecule is CON=c1ncn([C@@H]2O[C@H](COc3ccc4ccc(N)nc4c3)[C@@](C)(O)[C@H]2O)c2[nH]ccc12. The minimum atomic E-state index is -1.58. The zero-order valence-electron chi connectivity index (χ0n) is 18.0. The van der Waals surface area contributed by atoms with Crippen molar-refractivity contribution in [3.05, 3.63) is 54.4 Å². The Hall–Kier alpha value is -3.67. The molecule has 11 nitrogen and oxygen atoms in total. The van der Waals surface area contributed by atoms with Gasteiger partial charge in [0.2, 0.25) is 5.49 Å². The standard InChI is InChI=1S/C22H24N6O5/c1-22(30)16(10-32-13-5-3-12-4-6-17(23)26-15(12)9-13)33-21(18(22)29)28-11-25-19(27-31-2)14-7-8-24-20(14)28/h3-9,11,16,18,21,24,29-30H,10H2,1-2H3,(H2,23,26)/t16-,18+,21-,22-/m1/s1. The molecule has 0 saturated carbocycles. The topological polar surface area (TPSA) is 153 Å². The van der Waals surface area contributed by atoms with Crippen molar-refractivity contribution in [3.63, 3.8) is 0 Å². The number of anilines is 1. The van der Waals surface area contributed by atoms with Crippen molar-refractivity contribution in [1.82, 2.24) is 19.5 Å². The molecule has 33 heavy (non-hydrogen) atoms. The van der Waals surface area contributed by atoms with Crippen LogP contribution in [-0.4, -0.2) is 61.3 Å². The van der Waals surface area contributed by atoms with E-state index in [4.69, 9.17) is 20.0 Å². The normalized spacial score (nSPS) is 25.7. The Morgan fingerprint density at radius 3 is 2.94 bits per heavy atom. The Kier molecular flexibility index (Phi) is 5.16. The van der Waals surface area contributed by atoms with Crippen molar-refractivity contribution >= 4 is 27.8 Å². The molecule has 4 heterocycles. The van der Waals surface area contributed by atoms with Crippen LogP contribution in [0.15, 0.2) is 54.1 Å². The maximum atomic E-state index is 11.0. The molecule has 1 fully saturated rings. The zero-order valence-corrected chi connectivity index (χ0v) is 18.0. The Balaban J connectivity index is 1.40. The van der Waals surface area contributed by atoms with Crippen LogP contribution < -0.4 is 16.0 Å². The highest BCUT2D eigenvalue weighted by molar-refractivity contribution is 5.81. The Labute approximate surface area is 188 Å². The van der Waals surface area contributed by atoms with Crippen LogP contribution in [-0.2, 0) is 9.57 Å². The highest BCUT2D eigenvalue weighted by Gasteiger charge is 2.53. The van der Waals surface area contributed by atoms with Gasteiger partial charge in [-0.2, -0.15) is 0 Å². The van der Waals surface area contributed by atoms with Crippen LogP contribution in [0.2, 0.25) is 0 Å². The van der Waals surface area contributed by atoms with Gasteiger partial charge in [0.15, 0.2) is 6.23 Å². The van der Waals surface area contributed by atoms with Gasteiger partial charge in [0.1, 0.15) is 55.1 Å². The molecule has 1 saturated heterocycles. The number of fused-ring (bicyclic) bond motifs is 2. The van der Waals surface area contributed by atoms with Gasteiger partial charge in [-0.05, 0) is 37.3 Å². The van der Waals surface area contributed by atoms with Gasteiger partial charge in [0.05, 0.1) is 10.9 Å². The summed E-state index contributed by atoms with van der Waals surface area (Å²) in [6, 6.07) is 10.8. The molecule has 11 heteroatoms. The van der Waals surface area contributed by atoms with E-state index in [1.165, 1.54) is 20.4 Å². The number of aliphatic hydroxyl groups excluding tert-OH is 1. The first-order chi connectivity index (χ1) is 15.9. The van der Waals surface area contributed by atoms with Crippen molar-refractivity contribution in [2.45, 2.75) is 31.0 Å². The highest BCUT2D eigenvalue weighted by atomic mass is 16.6. The van der Waals surface area contributed by atoms with Gasteiger partial charge in [-0.3, -0.25) is 4.57 Å². The Bertz CT molecular complexity index is 1380. The summed E-state index contributed by atoms with van der Waals surface area (Å²) >= 11 is 0. The summed E-state index contributed by atoms with van der Waals surface area (Å²) < 4.78 is 13.6. The second-order valence-corrected chi connectivity index (χ2v) is 8.08. The van der Waals surface area contributed by atoms with Gasteiger partial charge in [0, 0.05) is 17.6 Å². The number of hydrogen-bond donors (Lipinski definition) is 4. The number of aromatic amines is 1. The number of nitrogen functional groups attached to an aromatic ring is 1. The van der Waals surface area contributed by atoms with Crippen molar-refractivity contribution in [3.8, 4) is 5.75 Å². The minimum Gasteiger partial charge on any atom is -0.491 e. The average Bonchev–Trinajstić information content (AvgIpc) is 3.37. The monoisotopic (exact) mass is 452 g/mol. The van der Waals surface area contributed by atoms with Crippen LogP contribution in [0.4, 0.5) is 5.82 Å². The van der Waals surface area contributed by atoms with E-state index < -0.39 is 24.0 Å². The van der Waals surface area contributed by atoms with E-state index in [9.17, 15) is 10.2 Å². The van der Waals surface area contributed by atoms with E-state index in [-0.39, 0.29) is 6.61 Å². The van der Waals surface area contributed by atoms with Crippen LogP contribution in [0.25, 0.3) is 21.9 Å². The van der Waals surface area contributed by atoms with E-state index in [1.54, 1.807) is 35.0 Å². The number of nitrogens with two attached hydrogens (primary N) is 1. The maximum Gasteiger partial charge on any atom is 0.203 e. The van der Waals surface area contributed by atoms with Crippen LogP contribution in [0.3, 0.4) is 0 Å². The number of H-pyrrole nitrogens is 1. The quantitative estimate of drug-likeness (QED) is 0.328. The fourth-order valence-electron chi connectivity index (χ4n) is 4.01. The van der Waals surface area contributed by atoms with Crippen LogP contribution in [0, 0.1) is 0 Å². The number of nitrogens with zero attached hydrogens (tertiary/aromatic N) is 4. The predicted molar refractivity (Wildman–Crippen MR) is 119 cm³/mol. The van der Waals surface area contributed by atoms with Gasteiger partial charge in [-0.25, -0.2) is 9.97 Å². The zero-order chi connectivity index (χ0) is 23.2. The van der Waals surface area contributed by atoms with Crippen molar-refractivity contribution in [2.24, 2.45) is 5.16 Å². The van der Waals surface area contributed by atoms with E-state index in [0.717, 1.165) is 5.39 Å². The molecule has 0 bridgehead atoms. The van der Waals surface area contributed by atoms with Gasteiger partial charge in [-0.15, -0.1) is 0 Å². The first-order valence-corrected chi connectivity index (χ1v) is 10.3. The summed E-state index contributed by atoms with van der Waals surface area (Å²) in [7, 11) is 1.44. The third-order valence-corrected chi connectivity index (χ3v) is 5.89. The number of hydrogen-bond acceptors (Lipinski definition) is 9. The summed E-state index contributed by atoms with van der Waals surface area (Å²) in [4.78, 5) is 16.5. The number of benzene rings is 1. The first kappa shape index (κ1) is 21.2. The van der Waals surface area contributed by atoms with Gasteiger partial charge < -0.3 is 35.2 Å². The molecule has 5 rings (SSSR count). The lowest BCUT2D eigenvalue weighted by atomic mass is 9.95. The van der Waals surface area contributed by atoms with Crippen molar-refractivity contribution in [1.29, 1.82) is 0 Å². The number of pyridine rings is 1. The number of aliphatic hydroxyl groups is 2. The molecule has 1 aliphatic rings. The van der Waals surface area contributed by atoms with E-state index >= 15 is 0 Å². The Morgan fingerprint density at radius 1 is 1.30 bits per heavy atom. The maximum absolute atomic E-state index is 11.0. The molecule has 1 aliphatic heterocycles. The third-order valence-electron chi connectivity index (χ3n) is 5.89. The first-order valence-electron chi connectivity index (χ1n) is 10.3. The largest absolute Gasteiger partial charge is 0.491 e. The molecule has 3 aromatic heterocycles. The summed E-state index contributed by atoms with van der Waals surface area (Å²) in [5.41, 5.74) is 5.88. The molecular formula is C22H24N6O5. The molecule has 172 valence electrons. The highest BCUT2D eigenvalue weighted by Crippen LogP contribution is 2.38. The molecule has 0 amide bonds. The minimum absolute atomic E-state index is 0.00727. The fraction of sp³-hybridized carbons (Fsp3) is 0.318. The van der Waals surface area contributed by atoms with Crippen LogP contribution >= 0.6 is 0 Å². The molecule has 0 unspecified atom stereocenters. The molecule has 0 radical (unpaired) electrons. The molecular weight excluding hydrogens is 428 g/mol. The second kappa shape index (κ2) is 8.03. The van der Waals surface area contributed by atoms with Gasteiger partial charge in [0.25, 0.3) is 0 Å². The predicted octanol–water partition coefficient (Wildman–Crippen LogP) is 1.05. The summed E-state index contributed by atoms with van der Waals surface area (Å²) in [6.07, 6.45) is 0.231. The number of ether oxygens (including phenoxy) is 2. The number of nitrogens with one attached hydrogen (secondary N) is 1. The summed E-state index contributed by atoms with van der Waals surface area (Å²) in [5.74, 6) is 0.961. The average molecular weight is 452 g/mol. The summed E-state index contributed by atoms with van der Waals surface area (Å²) in [5, 5.41) is 27.5. The van der Waals surface area contributed by atoms with Crippen LogP contribution in [0.5, 0.6) is 5.75 Å². The van der Waals surface area contributed by atoms with E-state index in [1.807, 2.05) is 12.1 Å². The van der Waals surface area contributed by atoms with Gasteiger partial charge >= 0.3 is 0 Å². The number of rotatable bonds is 5. The molecule has 0 spiro atoms. The van der Waals surface area contributed by atoms with Crippen LogP contribution in [0.1, 0.15) is 13.2 Å². The molecule has 5 N–H and O–H groups in total. The lowest BCUT2D eigenvalue weighted by Crippen LogP contribution is -2.47. The third kappa shape index (κ3) is 3.65. The van der Waals surface area contributed by atoms with Crippen molar-refractivity contribution in [2.75, 3.05) is 19.5 Å². The fourth-order valence-corrected chi connectivity index (χ4v) is 4.01. The lowest BCUT2D eigenvalue weighted by Gasteiger charge is -2.26. The molecule has 4 atom stereocenters. The molecule has 4 aromatic rings. The molecule has 1 aromatic carbocycles. The molecule has 0 aliphatic carbocycles. The lowest BCUT2D eigenvalue weighted by molar-refractivity contribution is -0.0765. The van der Waals surface area contributed by atoms with Crippen molar-refractivity contribution < 1.29 is 24.5 Å². The summed E-state index contributed by atoms with van der Waals surface area (Å²) in [6.45, 7) is 1.52. The van der Waals surface area contributed by atoms with E-state index in [2.05, 4.69) is 20.1 Å². The van der Waals surface area contributed by atoms with Gasteiger partial charge in [-0.1, -0.05) is 5.16 Å². The van der Waals surface area contributed by atoms with E-state index in [0.29, 0.717) is 33.6 Å². The number of aromatic nitrogens is 4. The smallest absolute Gasteiger partial charge is 0.203 e. The second-order valence-electron chi connectivity index (χ2n) is 8.08.